The average molecular weight is 462 g/mol. The first-order chi connectivity index (χ1) is 15.3. The number of thiophene rings is 1. The first-order valence-electron chi connectivity index (χ1n) is 9.37. The number of fused-ring (bicyclic) bond motifs is 1. The first kappa shape index (κ1) is 19.8. The fourth-order valence-corrected chi connectivity index (χ4v) is 5.48. The highest BCUT2D eigenvalue weighted by atomic mass is 32.2. The van der Waals surface area contributed by atoms with Gasteiger partial charge in [-0.25, -0.2) is 9.97 Å². The van der Waals surface area contributed by atoms with Crippen molar-refractivity contribution in [1.29, 1.82) is 0 Å². The lowest BCUT2D eigenvalue weighted by molar-refractivity contribution is -0.113. The minimum Gasteiger partial charge on any atom is -0.293 e. The summed E-state index contributed by atoms with van der Waals surface area (Å²) < 4.78 is 4.25. The maximum atomic E-state index is 12.5. The van der Waals surface area contributed by atoms with Gasteiger partial charge in [0.2, 0.25) is 11.9 Å². The summed E-state index contributed by atoms with van der Waals surface area (Å²) in [5.41, 5.74) is 3.16. The lowest BCUT2D eigenvalue weighted by Crippen LogP contribution is -2.15. The van der Waals surface area contributed by atoms with E-state index in [4.69, 9.17) is 0 Å². The van der Waals surface area contributed by atoms with Gasteiger partial charge in [-0.1, -0.05) is 72.4 Å². The summed E-state index contributed by atoms with van der Waals surface area (Å²) >= 11 is 4.22. The molecule has 0 saturated heterocycles. The van der Waals surface area contributed by atoms with Gasteiger partial charge < -0.3 is 0 Å². The summed E-state index contributed by atoms with van der Waals surface area (Å²) in [4.78, 5) is 26.7. The Morgan fingerprint density at radius 2 is 1.71 bits per heavy atom. The van der Waals surface area contributed by atoms with Gasteiger partial charge in [-0.15, -0.1) is 11.3 Å². The Hall–Kier alpha value is -3.14. The summed E-state index contributed by atoms with van der Waals surface area (Å²) in [6.45, 7) is 0. The molecular weight excluding hydrogens is 446 g/mol. The fourth-order valence-electron chi connectivity index (χ4n) is 3.05. The number of amides is 1. The van der Waals surface area contributed by atoms with Crippen LogP contribution in [0.3, 0.4) is 0 Å². The molecule has 5 rings (SSSR count). The van der Waals surface area contributed by atoms with E-state index in [-0.39, 0.29) is 11.7 Å². The van der Waals surface area contributed by atoms with Crippen molar-refractivity contribution < 1.29 is 4.79 Å². The fraction of sp³-hybridized carbons (Fsp3) is 0.0455. The topological polar surface area (TPSA) is 80.7 Å². The highest BCUT2D eigenvalue weighted by molar-refractivity contribution is 8.00. The Morgan fingerprint density at radius 1 is 0.968 bits per heavy atom. The molecule has 0 fully saturated rings. The molecule has 31 heavy (non-hydrogen) atoms. The number of hydrogen-bond acceptors (Lipinski definition) is 8. The van der Waals surface area contributed by atoms with E-state index in [1.807, 2.05) is 48.5 Å². The molecule has 0 aliphatic carbocycles. The van der Waals surface area contributed by atoms with Crippen molar-refractivity contribution in [2.45, 2.75) is 5.03 Å². The molecule has 0 radical (unpaired) electrons. The van der Waals surface area contributed by atoms with Crippen LogP contribution in [0, 0.1) is 0 Å². The third-order valence-corrected chi connectivity index (χ3v) is 7.10. The molecule has 0 aliphatic rings. The van der Waals surface area contributed by atoms with E-state index in [0.717, 1.165) is 36.9 Å². The molecule has 1 N–H and O–H groups in total. The minimum absolute atomic E-state index is 0.175. The molecule has 0 atom stereocenters. The van der Waals surface area contributed by atoms with Gasteiger partial charge in [0, 0.05) is 16.5 Å². The second-order valence-electron chi connectivity index (χ2n) is 6.50. The normalized spacial score (nSPS) is 11.0. The van der Waals surface area contributed by atoms with Crippen LogP contribution in [0.5, 0.6) is 0 Å². The molecule has 1 amide bonds. The predicted molar refractivity (Wildman–Crippen MR) is 128 cm³/mol. The maximum Gasteiger partial charge on any atom is 0.241 e. The van der Waals surface area contributed by atoms with Gasteiger partial charge in [0.25, 0.3) is 0 Å². The van der Waals surface area contributed by atoms with Gasteiger partial charge in [0.1, 0.15) is 21.2 Å². The van der Waals surface area contributed by atoms with Gasteiger partial charge in [0.05, 0.1) is 11.1 Å². The van der Waals surface area contributed by atoms with Crippen molar-refractivity contribution in [3.8, 4) is 21.7 Å². The molecule has 3 aromatic heterocycles. The zero-order valence-electron chi connectivity index (χ0n) is 16.1. The van der Waals surface area contributed by atoms with Crippen molar-refractivity contribution in [2.75, 3.05) is 11.1 Å². The number of thioether (sulfide) groups is 1. The van der Waals surface area contributed by atoms with Crippen molar-refractivity contribution in [3.63, 3.8) is 0 Å². The number of benzene rings is 2. The number of rotatable bonds is 6. The highest BCUT2D eigenvalue weighted by Gasteiger charge is 2.15. The molecule has 3 heterocycles. The third kappa shape index (κ3) is 4.34. The zero-order chi connectivity index (χ0) is 21.0. The lowest BCUT2D eigenvalue weighted by atomic mass is 10.1. The van der Waals surface area contributed by atoms with Crippen LogP contribution in [0.4, 0.5) is 5.95 Å². The number of carbonyl (C=O) groups is 1. The second-order valence-corrected chi connectivity index (χ2v) is 9.07. The van der Waals surface area contributed by atoms with E-state index in [2.05, 4.69) is 42.2 Å². The quantitative estimate of drug-likeness (QED) is 0.262. The smallest absolute Gasteiger partial charge is 0.241 e. The van der Waals surface area contributed by atoms with Crippen LogP contribution >= 0.6 is 34.6 Å². The Balaban J connectivity index is 1.31. The molecule has 9 heteroatoms. The summed E-state index contributed by atoms with van der Waals surface area (Å²) in [6, 6.07) is 19.9. The van der Waals surface area contributed by atoms with Crippen molar-refractivity contribution in [1.82, 2.24) is 19.3 Å². The summed E-state index contributed by atoms with van der Waals surface area (Å²) in [6.07, 6.45) is 1.54. The Morgan fingerprint density at radius 3 is 2.48 bits per heavy atom. The zero-order valence-corrected chi connectivity index (χ0v) is 18.5. The number of aromatic nitrogens is 4. The van der Waals surface area contributed by atoms with Crippen LogP contribution in [0.15, 0.2) is 77.4 Å². The summed E-state index contributed by atoms with van der Waals surface area (Å²) in [7, 11) is 0. The van der Waals surface area contributed by atoms with Gasteiger partial charge in [0.15, 0.2) is 0 Å². The van der Waals surface area contributed by atoms with Crippen LogP contribution in [-0.4, -0.2) is 31.0 Å². The van der Waals surface area contributed by atoms with Gasteiger partial charge in [-0.2, -0.15) is 9.36 Å². The lowest BCUT2D eigenvalue weighted by Gasteiger charge is -2.05. The SMILES string of the molecule is O=C(CSc1ncnc2scc(-c3ccccc3)c12)Nc1nsc(-c2ccccc2)n1. The second kappa shape index (κ2) is 8.93. The van der Waals surface area contributed by atoms with E-state index in [1.54, 1.807) is 17.7 Å². The summed E-state index contributed by atoms with van der Waals surface area (Å²) in [5, 5.41) is 7.40. The number of hydrogen-bond donors (Lipinski definition) is 1. The van der Waals surface area contributed by atoms with E-state index < -0.39 is 0 Å². The van der Waals surface area contributed by atoms with Crippen LogP contribution in [0.25, 0.3) is 31.9 Å². The van der Waals surface area contributed by atoms with Gasteiger partial charge in [-0.05, 0) is 17.1 Å². The van der Waals surface area contributed by atoms with Gasteiger partial charge >= 0.3 is 0 Å². The predicted octanol–water partition coefficient (Wildman–Crippen LogP) is 5.61. The standard InChI is InChI=1S/C22H15N5OS3/c28-17(25-22-26-19(31-27-22)15-9-5-2-6-10-15)12-30-21-18-16(14-7-3-1-4-8-14)11-29-20(18)23-13-24-21/h1-11,13H,12H2,(H,25,27,28). The Bertz CT molecular complexity index is 1340. The van der Waals surface area contributed by atoms with Crippen molar-refractivity contribution in [3.05, 3.63) is 72.4 Å². The molecule has 0 bridgehead atoms. The third-order valence-electron chi connectivity index (χ3n) is 4.46. The molecule has 5 aromatic rings. The minimum atomic E-state index is -0.175. The number of nitrogens with zero attached hydrogens (tertiary/aromatic N) is 4. The monoisotopic (exact) mass is 461 g/mol. The largest absolute Gasteiger partial charge is 0.293 e. The molecule has 0 aliphatic heterocycles. The van der Waals surface area contributed by atoms with Crippen LogP contribution in [0.2, 0.25) is 0 Å². The van der Waals surface area contributed by atoms with Crippen LogP contribution in [-0.2, 0) is 4.79 Å². The molecule has 0 saturated carbocycles. The van der Waals surface area contributed by atoms with Crippen LogP contribution in [0.1, 0.15) is 0 Å². The van der Waals surface area contributed by atoms with E-state index >= 15 is 0 Å². The Kier molecular flexibility index (Phi) is 5.70. The van der Waals surface area contributed by atoms with E-state index in [9.17, 15) is 4.79 Å². The number of nitrogens with one attached hydrogen (secondary N) is 1. The number of anilines is 1. The van der Waals surface area contributed by atoms with Gasteiger partial charge in [-0.3, -0.25) is 10.1 Å². The molecule has 0 spiro atoms. The molecule has 152 valence electrons. The Labute approximate surface area is 190 Å². The molecular formula is C22H15N5OS3. The van der Waals surface area contributed by atoms with Crippen molar-refractivity contribution in [2.24, 2.45) is 0 Å². The molecule has 0 unspecified atom stereocenters. The summed E-state index contributed by atoms with van der Waals surface area (Å²) in [5.74, 6) is 0.351. The highest BCUT2D eigenvalue weighted by Crippen LogP contribution is 2.37. The molecule has 2 aromatic carbocycles. The molecule has 6 nitrogen and oxygen atoms in total. The van der Waals surface area contributed by atoms with Crippen molar-refractivity contribution >= 4 is 56.7 Å². The maximum absolute atomic E-state index is 12.5. The van der Waals surface area contributed by atoms with E-state index in [0.29, 0.717) is 5.95 Å². The van der Waals surface area contributed by atoms with Crippen LogP contribution < -0.4 is 5.32 Å². The van der Waals surface area contributed by atoms with E-state index in [1.165, 1.54) is 23.3 Å². The average Bonchev–Trinajstić information content (AvgIpc) is 3.46. The first-order valence-corrected chi connectivity index (χ1v) is 12.0. The number of carbonyl (C=O) groups excluding carboxylic acids is 1.